The molecule has 3 rings (SSSR count). The minimum absolute atomic E-state index is 0.00473. The van der Waals surface area contributed by atoms with Gasteiger partial charge in [0, 0.05) is 18.8 Å². The van der Waals surface area contributed by atoms with Gasteiger partial charge in [0.15, 0.2) is 0 Å². The van der Waals surface area contributed by atoms with E-state index in [4.69, 9.17) is 0 Å². The Kier molecular flexibility index (Phi) is 5.16. The first-order valence-corrected chi connectivity index (χ1v) is 8.23. The average Bonchev–Trinajstić information content (AvgIpc) is 3.02. The van der Waals surface area contributed by atoms with E-state index < -0.39 is 6.61 Å². The summed E-state index contributed by atoms with van der Waals surface area (Å²) in [6.45, 7) is 0.835. The fourth-order valence-electron chi connectivity index (χ4n) is 2.94. The van der Waals surface area contributed by atoms with E-state index in [1.54, 1.807) is 18.2 Å². The Balaban J connectivity index is 1.76. The summed E-state index contributed by atoms with van der Waals surface area (Å²) in [7, 11) is 0. The number of nitrogens with one attached hydrogen (secondary N) is 1. The van der Waals surface area contributed by atoms with Crippen LogP contribution in [0.2, 0.25) is 0 Å². The molecule has 1 unspecified atom stereocenters. The van der Waals surface area contributed by atoms with Gasteiger partial charge in [-0.15, -0.1) is 0 Å². The van der Waals surface area contributed by atoms with Gasteiger partial charge in [0.2, 0.25) is 0 Å². The summed E-state index contributed by atoms with van der Waals surface area (Å²) in [6.07, 6.45) is 1.02. The van der Waals surface area contributed by atoms with Crippen molar-refractivity contribution in [3.63, 3.8) is 0 Å². The van der Waals surface area contributed by atoms with Crippen molar-refractivity contribution < 1.29 is 18.3 Å². The zero-order valence-electron chi connectivity index (χ0n) is 13.9. The number of hydrogen-bond acceptors (Lipinski definition) is 3. The zero-order valence-corrected chi connectivity index (χ0v) is 13.9. The van der Waals surface area contributed by atoms with Gasteiger partial charge in [-0.2, -0.15) is 8.78 Å². The molecule has 0 saturated carbocycles. The van der Waals surface area contributed by atoms with Crippen LogP contribution < -0.4 is 10.1 Å². The van der Waals surface area contributed by atoms with Gasteiger partial charge in [-0.3, -0.25) is 4.79 Å². The number of ether oxygens (including phenoxy) is 1. The number of carbonyl (C=O) groups excluding carboxylic acids is 1. The van der Waals surface area contributed by atoms with Gasteiger partial charge in [0.25, 0.3) is 5.91 Å². The summed E-state index contributed by atoms with van der Waals surface area (Å²) in [5.41, 5.74) is 1.98. The molecule has 1 N–H and O–H groups in total. The minimum Gasteiger partial charge on any atom is -0.435 e. The maximum atomic E-state index is 12.8. The number of para-hydroxylation sites is 1. The Labute approximate surface area is 145 Å². The quantitative estimate of drug-likeness (QED) is 0.866. The number of carbonyl (C=O) groups is 1. The van der Waals surface area contributed by atoms with Crippen LogP contribution in [0, 0.1) is 5.92 Å². The first-order valence-electron chi connectivity index (χ1n) is 8.23. The smallest absolute Gasteiger partial charge is 0.387 e. The Morgan fingerprint density at radius 3 is 2.56 bits per heavy atom. The molecule has 0 aliphatic carbocycles. The molecule has 25 heavy (non-hydrogen) atoms. The van der Waals surface area contributed by atoms with Crippen molar-refractivity contribution in [1.82, 2.24) is 4.90 Å². The van der Waals surface area contributed by atoms with Crippen molar-refractivity contribution in [3.8, 4) is 5.75 Å². The number of rotatable bonds is 5. The van der Waals surface area contributed by atoms with E-state index in [9.17, 15) is 13.6 Å². The predicted octanol–water partition coefficient (Wildman–Crippen LogP) is 4.51. The molecule has 132 valence electrons. The number of nitrogens with zero attached hydrogens (tertiary/aromatic N) is 1. The number of amides is 1. The molecule has 0 bridgehead atoms. The second-order valence-electron chi connectivity index (χ2n) is 6.22. The van der Waals surface area contributed by atoms with Crippen LogP contribution in [0.5, 0.6) is 5.75 Å². The van der Waals surface area contributed by atoms with Crippen LogP contribution in [0.25, 0.3) is 0 Å². The number of hydrogen-bond donors (Lipinski definition) is 1. The highest BCUT2D eigenvalue weighted by atomic mass is 19.3. The largest absolute Gasteiger partial charge is 0.435 e. The fraction of sp³-hybridized carbons (Fsp3) is 0.316. The molecule has 0 aromatic heterocycles. The molecule has 1 aliphatic rings. The SMILES string of the molecule is CC1CCN(C(=O)c2ccccc2Nc2ccc(OC(F)F)cc2)C1. The molecular formula is C19H20F2N2O2. The zero-order chi connectivity index (χ0) is 17.8. The summed E-state index contributed by atoms with van der Waals surface area (Å²) >= 11 is 0. The van der Waals surface area contributed by atoms with Gasteiger partial charge in [-0.05, 0) is 48.7 Å². The molecule has 0 spiro atoms. The lowest BCUT2D eigenvalue weighted by Gasteiger charge is -2.19. The molecule has 1 aliphatic heterocycles. The molecule has 1 amide bonds. The lowest BCUT2D eigenvalue weighted by molar-refractivity contribution is -0.0498. The summed E-state index contributed by atoms with van der Waals surface area (Å²) in [5, 5.41) is 3.18. The molecule has 4 nitrogen and oxygen atoms in total. The van der Waals surface area contributed by atoms with Crippen LogP contribution in [0.4, 0.5) is 20.2 Å². The van der Waals surface area contributed by atoms with Crippen LogP contribution in [0.3, 0.4) is 0 Å². The molecule has 2 aromatic carbocycles. The third kappa shape index (κ3) is 4.26. The Morgan fingerprint density at radius 1 is 1.20 bits per heavy atom. The van der Waals surface area contributed by atoms with Crippen molar-refractivity contribution in [3.05, 3.63) is 54.1 Å². The van der Waals surface area contributed by atoms with Crippen LogP contribution in [-0.4, -0.2) is 30.5 Å². The Hall–Kier alpha value is -2.63. The summed E-state index contributed by atoms with van der Waals surface area (Å²) in [5.74, 6) is 0.618. The molecular weight excluding hydrogens is 326 g/mol. The second-order valence-corrected chi connectivity index (χ2v) is 6.22. The van der Waals surface area contributed by atoms with Crippen LogP contribution in [0.1, 0.15) is 23.7 Å². The normalized spacial score (nSPS) is 17.0. The van der Waals surface area contributed by atoms with Crippen molar-refractivity contribution in [2.45, 2.75) is 20.0 Å². The summed E-state index contributed by atoms with van der Waals surface area (Å²) < 4.78 is 28.7. The van der Waals surface area contributed by atoms with Gasteiger partial charge in [0.1, 0.15) is 5.75 Å². The van der Waals surface area contributed by atoms with Crippen molar-refractivity contribution in [2.24, 2.45) is 5.92 Å². The molecule has 1 saturated heterocycles. The second kappa shape index (κ2) is 7.51. The van der Waals surface area contributed by atoms with Crippen molar-refractivity contribution in [1.29, 1.82) is 0 Å². The third-order valence-corrected chi connectivity index (χ3v) is 4.23. The van der Waals surface area contributed by atoms with Crippen LogP contribution in [-0.2, 0) is 0 Å². The third-order valence-electron chi connectivity index (χ3n) is 4.23. The highest BCUT2D eigenvalue weighted by Crippen LogP contribution is 2.26. The minimum atomic E-state index is -2.85. The van der Waals surface area contributed by atoms with E-state index in [-0.39, 0.29) is 11.7 Å². The topological polar surface area (TPSA) is 41.6 Å². The maximum Gasteiger partial charge on any atom is 0.387 e. The molecule has 1 fully saturated rings. The van der Waals surface area contributed by atoms with E-state index in [1.807, 2.05) is 23.1 Å². The van der Waals surface area contributed by atoms with E-state index in [2.05, 4.69) is 17.0 Å². The van der Waals surface area contributed by atoms with E-state index >= 15 is 0 Å². The summed E-state index contributed by atoms with van der Waals surface area (Å²) in [6, 6.07) is 13.5. The van der Waals surface area contributed by atoms with Gasteiger partial charge < -0.3 is 15.0 Å². The highest BCUT2D eigenvalue weighted by molar-refractivity contribution is 6.00. The number of likely N-dealkylation sites (tertiary alicyclic amines) is 1. The fourth-order valence-corrected chi connectivity index (χ4v) is 2.94. The molecule has 6 heteroatoms. The lowest BCUT2D eigenvalue weighted by atomic mass is 10.1. The van der Waals surface area contributed by atoms with E-state index in [0.717, 1.165) is 19.5 Å². The van der Waals surface area contributed by atoms with Crippen LogP contribution in [0.15, 0.2) is 48.5 Å². The number of alkyl halides is 2. The van der Waals surface area contributed by atoms with E-state index in [0.29, 0.717) is 22.9 Å². The monoisotopic (exact) mass is 346 g/mol. The van der Waals surface area contributed by atoms with Gasteiger partial charge in [0.05, 0.1) is 11.3 Å². The standard InChI is InChI=1S/C19H20F2N2O2/c1-13-10-11-23(12-13)18(24)16-4-2-3-5-17(16)22-14-6-8-15(9-7-14)25-19(20)21/h2-9,13,19,22H,10-12H2,1H3. The Bertz CT molecular complexity index is 734. The Morgan fingerprint density at radius 2 is 1.92 bits per heavy atom. The maximum absolute atomic E-state index is 12.8. The molecule has 1 heterocycles. The molecule has 1 atom stereocenters. The van der Waals surface area contributed by atoms with Crippen LogP contribution >= 0.6 is 0 Å². The molecule has 2 aromatic rings. The number of benzene rings is 2. The van der Waals surface area contributed by atoms with Gasteiger partial charge in [-0.1, -0.05) is 19.1 Å². The van der Waals surface area contributed by atoms with Gasteiger partial charge >= 0.3 is 6.61 Å². The number of anilines is 2. The summed E-state index contributed by atoms with van der Waals surface area (Å²) in [4.78, 5) is 14.6. The van der Waals surface area contributed by atoms with Gasteiger partial charge in [-0.25, -0.2) is 0 Å². The lowest BCUT2D eigenvalue weighted by Crippen LogP contribution is -2.29. The average molecular weight is 346 g/mol. The number of halogens is 2. The van der Waals surface area contributed by atoms with Crippen molar-refractivity contribution >= 4 is 17.3 Å². The van der Waals surface area contributed by atoms with E-state index in [1.165, 1.54) is 12.1 Å². The first kappa shape index (κ1) is 17.2. The predicted molar refractivity (Wildman–Crippen MR) is 92.5 cm³/mol. The first-order chi connectivity index (χ1) is 12.0. The molecule has 0 radical (unpaired) electrons. The van der Waals surface area contributed by atoms with Crippen molar-refractivity contribution in [2.75, 3.05) is 18.4 Å². The highest BCUT2D eigenvalue weighted by Gasteiger charge is 2.25.